The zero-order valence-electron chi connectivity index (χ0n) is 6.82. The van der Waals surface area contributed by atoms with E-state index in [0.717, 1.165) is 0 Å². The van der Waals surface area contributed by atoms with Crippen LogP contribution in [0.15, 0.2) is 10.5 Å². The van der Waals surface area contributed by atoms with Crippen LogP contribution in [-0.2, 0) is 4.74 Å². The number of carbonyl (C=O) groups is 1. The fraction of sp³-hybridized carbons (Fsp3) is 0.286. The van der Waals surface area contributed by atoms with E-state index < -0.39 is 6.09 Å². The Balaban J connectivity index is 3.06. The topological polar surface area (TPSA) is 71.7 Å². The average Bonchev–Trinajstić information content (AvgIpc) is 2.27. The van der Waals surface area contributed by atoms with Crippen LogP contribution in [0.25, 0.3) is 0 Å². The molecule has 0 aliphatic heterocycles. The highest BCUT2D eigenvalue weighted by Crippen LogP contribution is 2.31. The maximum Gasteiger partial charge on any atom is 0.423 e. The van der Waals surface area contributed by atoms with E-state index in [-0.39, 0.29) is 22.8 Å². The van der Waals surface area contributed by atoms with Gasteiger partial charge in [0, 0.05) is 6.07 Å². The third-order valence-corrected chi connectivity index (χ3v) is 1.94. The third kappa shape index (κ3) is 1.77. The zero-order chi connectivity index (χ0) is 10.0. The fourth-order valence-electron chi connectivity index (χ4n) is 0.826. The summed E-state index contributed by atoms with van der Waals surface area (Å²) in [6.45, 7) is 1.80. The van der Waals surface area contributed by atoms with Gasteiger partial charge in [-0.25, -0.2) is 4.79 Å². The summed E-state index contributed by atoms with van der Waals surface area (Å²) in [5.41, 5.74) is 0. The second kappa shape index (κ2) is 3.69. The molecule has 0 amide bonds. The predicted molar refractivity (Wildman–Crippen MR) is 47.9 cm³/mol. The summed E-state index contributed by atoms with van der Waals surface area (Å²) in [6.07, 6.45) is -0.816. The first-order valence-corrected chi connectivity index (χ1v) is 4.33. The molecular weight excluding hydrogens is 242 g/mol. The summed E-state index contributed by atoms with van der Waals surface area (Å²) < 4.78 is 5.48. The fourth-order valence-corrected chi connectivity index (χ4v) is 1.21. The summed E-state index contributed by atoms with van der Waals surface area (Å²) >= 11 is 2.95. The summed E-state index contributed by atoms with van der Waals surface area (Å²) in [5.74, 6) is -0.751. The van der Waals surface area contributed by atoms with Crippen LogP contribution < -0.4 is 0 Å². The van der Waals surface area contributed by atoms with Crippen LogP contribution in [0.5, 0.6) is 11.8 Å². The van der Waals surface area contributed by atoms with Crippen molar-refractivity contribution in [3.8, 4) is 11.8 Å². The number of halogens is 1. The van der Waals surface area contributed by atoms with Gasteiger partial charge in [-0.15, -0.1) is 0 Å². The van der Waals surface area contributed by atoms with E-state index in [1.807, 2.05) is 0 Å². The van der Waals surface area contributed by atoms with Gasteiger partial charge in [0.15, 0.2) is 0 Å². The van der Waals surface area contributed by atoms with Crippen molar-refractivity contribution in [2.45, 2.75) is 6.92 Å². The molecule has 1 aromatic rings. The third-order valence-electron chi connectivity index (χ3n) is 1.36. The van der Waals surface area contributed by atoms with Crippen LogP contribution in [0.2, 0.25) is 0 Å². The Bertz CT molecular complexity index is 333. The first-order valence-electron chi connectivity index (χ1n) is 3.54. The van der Waals surface area contributed by atoms with Crippen LogP contribution in [0.3, 0.4) is 0 Å². The number of hydrogen-bond acceptors (Lipinski definition) is 4. The number of rotatable bonds is 1. The highest BCUT2D eigenvalue weighted by atomic mass is 79.9. The maximum atomic E-state index is 11.1. The molecule has 0 aliphatic rings. The number of ether oxygens (including phenoxy) is 1. The molecule has 13 heavy (non-hydrogen) atoms. The monoisotopic (exact) mass is 249 g/mol. The van der Waals surface area contributed by atoms with Crippen molar-refractivity contribution in [3.63, 3.8) is 0 Å². The van der Waals surface area contributed by atoms with E-state index in [1.54, 1.807) is 6.92 Å². The van der Waals surface area contributed by atoms with Gasteiger partial charge in [-0.05, 0) is 22.9 Å². The molecule has 5 nitrogen and oxygen atoms in total. The minimum atomic E-state index is -0.816. The van der Waals surface area contributed by atoms with Crippen LogP contribution in [0.4, 0.5) is 4.79 Å². The molecule has 0 unspecified atom stereocenters. The molecule has 0 saturated heterocycles. The van der Waals surface area contributed by atoms with Gasteiger partial charge in [-0.2, -0.15) is 4.57 Å². The standard InChI is InChI=1S/C7H8BrNO4/c1-2-13-7(12)9-5(10)3-4(8)6(9)11/h3,10-11H,2H2,1H3. The molecule has 2 N–H and O–H groups in total. The lowest BCUT2D eigenvalue weighted by Gasteiger charge is -2.04. The van der Waals surface area contributed by atoms with Crippen molar-refractivity contribution in [1.29, 1.82) is 0 Å². The van der Waals surface area contributed by atoms with Crippen molar-refractivity contribution >= 4 is 22.0 Å². The SMILES string of the molecule is CCOC(=O)n1c(O)cc(Br)c1O. The quantitative estimate of drug-likeness (QED) is 0.795. The Kier molecular flexibility index (Phi) is 2.82. The van der Waals surface area contributed by atoms with Crippen molar-refractivity contribution in [1.82, 2.24) is 4.57 Å². The Hall–Kier alpha value is -1.17. The predicted octanol–water partition coefficient (Wildman–Crippen LogP) is 1.67. The van der Waals surface area contributed by atoms with E-state index in [4.69, 9.17) is 0 Å². The van der Waals surface area contributed by atoms with Gasteiger partial charge in [0.1, 0.15) is 0 Å². The lowest BCUT2D eigenvalue weighted by Crippen LogP contribution is -2.12. The Morgan fingerprint density at radius 1 is 1.69 bits per heavy atom. The number of carbonyl (C=O) groups excluding carboxylic acids is 1. The van der Waals surface area contributed by atoms with Crippen molar-refractivity contribution in [2.75, 3.05) is 6.61 Å². The molecule has 0 saturated carbocycles. The number of hydrogen-bond donors (Lipinski definition) is 2. The minimum absolute atomic E-state index is 0.174. The molecule has 0 fully saturated rings. The average molecular weight is 250 g/mol. The van der Waals surface area contributed by atoms with Crippen LogP contribution in [0, 0.1) is 0 Å². The van der Waals surface area contributed by atoms with E-state index in [9.17, 15) is 15.0 Å². The number of aromatic nitrogens is 1. The van der Waals surface area contributed by atoms with Gasteiger partial charge in [-0.1, -0.05) is 0 Å². The molecule has 72 valence electrons. The molecule has 6 heteroatoms. The molecule has 0 aromatic carbocycles. The molecule has 0 aliphatic carbocycles. The molecular formula is C7H8BrNO4. The first-order chi connectivity index (χ1) is 6.07. The van der Waals surface area contributed by atoms with E-state index in [0.29, 0.717) is 4.57 Å². The highest BCUT2D eigenvalue weighted by molar-refractivity contribution is 9.10. The van der Waals surface area contributed by atoms with E-state index in [1.165, 1.54) is 6.07 Å². The molecule has 1 aromatic heterocycles. The summed E-state index contributed by atoms with van der Waals surface area (Å²) in [6, 6.07) is 1.20. The molecule has 0 radical (unpaired) electrons. The number of nitrogens with zero attached hydrogens (tertiary/aromatic N) is 1. The van der Waals surface area contributed by atoms with Gasteiger partial charge in [-0.3, -0.25) is 0 Å². The summed E-state index contributed by atoms with van der Waals surface area (Å²) in [5, 5.41) is 18.5. The van der Waals surface area contributed by atoms with Crippen LogP contribution >= 0.6 is 15.9 Å². The van der Waals surface area contributed by atoms with Crippen molar-refractivity contribution in [2.24, 2.45) is 0 Å². The Morgan fingerprint density at radius 2 is 2.31 bits per heavy atom. The smallest absolute Gasteiger partial charge is 0.423 e. The van der Waals surface area contributed by atoms with E-state index >= 15 is 0 Å². The summed E-state index contributed by atoms with van der Waals surface area (Å²) in [7, 11) is 0. The molecule has 0 bridgehead atoms. The minimum Gasteiger partial charge on any atom is -0.494 e. The second-order valence-corrected chi connectivity index (χ2v) is 3.06. The van der Waals surface area contributed by atoms with Gasteiger partial charge in [0.25, 0.3) is 0 Å². The van der Waals surface area contributed by atoms with Gasteiger partial charge in [0.05, 0.1) is 11.1 Å². The van der Waals surface area contributed by atoms with Gasteiger partial charge >= 0.3 is 6.09 Å². The Labute approximate surface area is 82.7 Å². The maximum absolute atomic E-state index is 11.1. The van der Waals surface area contributed by atoms with Gasteiger partial charge < -0.3 is 14.9 Å². The molecule has 0 spiro atoms. The normalized spacial score (nSPS) is 10.0. The largest absolute Gasteiger partial charge is 0.494 e. The first kappa shape index (κ1) is 9.91. The zero-order valence-corrected chi connectivity index (χ0v) is 8.41. The molecule has 1 heterocycles. The lowest BCUT2D eigenvalue weighted by atomic mass is 10.6. The van der Waals surface area contributed by atoms with Gasteiger partial charge in [0.2, 0.25) is 11.8 Å². The second-order valence-electron chi connectivity index (χ2n) is 2.21. The van der Waals surface area contributed by atoms with Crippen molar-refractivity contribution in [3.05, 3.63) is 10.5 Å². The van der Waals surface area contributed by atoms with Crippen molar-refractivity contribution < 1.29 is 19.7 Å². The van der Waals surface area contributed by atoms with Crippen LogP contribution in [0.1, 0.15) is 6.92 Å². The number of aromatic hydroxyl groups is 2. The molecule has 0 atom stereocenters. The summed E-state index contributed by atoms with van der Waals surface area (Å²) in [4.78, 5) is 11.1. The molecule has 1 rings (SSSR count). The highest BCUT2D eigenvalue weighted by Gasteiger charge is 2.18. The van der Waals surface area contributed by atoms with E-state index in [2.05, 4.69) is 20.7 Å². The lowest BCUT2D eigenvalue weighted by molar-refractivity contribution is 0.148. The van der Waals surface area contributed by atoms with Crippen LogP contribution in [-0.4, -0.2) is 27.5 Å². The Morgan fingerprint density at radius 3 is 2.69 bits per heavy atom.